The molecule has 0 spiro atoms. The highest BCUT2D eigenvalue weighted by molar-refractivity contribution is 5.97. The van der Waals surface area contributed by atoms with Crippen molar-refractivity contribution < 1.29 is 14.0 Å². The van der Waals surface area contributed by atoms with E-state index in [4.69, 9.17) is 5.73 Å². The number of nitrogens with zero attached hydrogens (tertiary/aromatic N) is 1. The largest absolute Gasteiger partial charge is 0.399 e. The van der Waals surface area contributed by atoms with Gasteiger partial charge in [-0.2, -0.15) is 0 Å². The van der Waals surface area contributed by atoms with Crippen LogP contribution in [0.5, 0.6) is 0 Å². The number of halogens is 1. The van der Waals surface area contributed by atoms with Crippen LogP contribution in [0, 0.1) is 5.82 Å². The van der Waals surface area contributed by atoms with Gasteiger partial charge in [0.1, 0.15) is 5.82 Å². The number of amides is 2. The summed E-state index contributed by atoms with van der Waals surface area (Å²) in [5.74, 6) is -1.55. The summed E-state index contributed by atoms with van der Waals surface area (Å²) in [4.78, 5) is 25.0. The lowest BCUT2D eigenvalue weighted by atomic mass is 10.1. The van der Waals surface area contributed by atoms with Gasteiger partial charge in [0.05, 0.1) is 12.1 Å². The molecule has 0 radical (unpaired) electrons. The Hall–Kier alpha value is -2.11. The molecule has 0 unspecified atom stereocenters. The van der Waals surface area contributed by atoms with Crippen molar-refractivity contribution in [2.24, 2.45) is 0 Å². The van der Waals surface area contributed by atoms with E-state index in [0.717, 1.165) is 11.0 Å². The summed E-state index contributed by atoms with van der Waals surface area (Å²) in [5.41, 5.74) is 5.30. The van der Waals surface area contributed by atoms with E-state index in [-0.39, 0.29) is 23.6 Å². The van der Waals surface area contributed by atoms with Crippen molar-refractivity contribution in [2.75, 3.05) is 19.3 Å². The molecule has 6 heteroatoms. The number of hydrogen-bond acceptors (Lipinski definition) is 3. The average Bonchev–Trinajstić information content (AvgIpc) is 2.28. The Morgan fingerprint density at radius 1 is 1.35 bits per heavy atom. The minimum Gasteiger partial charge on any atom is -0.399 e. The molecule has 0 saturated carbocycles. The maximum atomic E-state index is 13.6. The van der Waals surface area contributed by atoms with Gasteiger partial charge in [0.2, 0.25) is 5.91 Å². The van der Waals surface area contributed by atoms with Gasteiger partial charge in [0, 0.05) is 18.3 Å². The molecule has 0 aliphatic rings. The van der Waals surface area contributed by atoms with Crippen molar-refractivity contribution in [1.29, 1.82) is 0 Å². The Labute approximate surface area is 117 Å². The van der Waals surface area contributed by atoms with Gasteiger partial charge >= 0.3 is 0 Å². The zero-order valence-electron chi connectivity index (χ0n) is 12.2. The van der Waals surface area contributed by atoms with Crippen LogP contribution in [-0.4, -0.2) is 35.8 Å². The van der Waals surface area contributed by atoms with Gasteiger partial charge in [-0.3, -0.25) is 9.59 Å². The first-order chi connectivity index (χ1) is 9.10. The lowest BCUT2D eigenvalue weighted by Crippen LogP contribution is -2.46. The van der Waals surface area contributed by atoms with Gasteiger partial charge in [-0.05, 0) is 39.0 Å². The van der Waals surface area contributed by atoms with Crippen molar-refractivity contribution in [2.45, 2.75) is 26.3 Å². The van der Waals surface area contributed by atoms with Crippen LogP contribution in [0.3, 0.4) is 0 Å². The van der Waals surface area contributed by atoms with Crippen LogP contribution in [0.25, 0.3) is 0 Å². The van der Waals surface area contributed by atoms with Crippen molar-refractivity contribution in [3.8, 4) is 0 Å². The topological polar surface area (TPSA) is 75.4 Å². The first-order valence-corrected chi connectivity index (χ1v) is 6.21. The van der Waals surface area contributed by atoms with Crippen molar-refractivity contribution in [3.63, 3.8) is 0 Å². The van der Waals surface area contributed by atoms with Gasteiger partial charge in [-0.25, -0.2) is 4.39 Å². The van der Waals surface area contributed by atoms with Crippen LogP contribution in [0.2, 0.25) is 0 Å². The second-order valence-corrected chi connectivity index (χ2v) is 5.70. The second kappa shape index (κ2) is 5.90. The molecule has 0 saturated heterocycles. The molecule has 0 aliphatic carbocycles. The zero-order valence-corrected chi connectivity index (χ0v) is 12.2. The van der Waals surface area contributed by atoms with E-state index < -0.39 is 11.7 Å². The number of rotatable bonds is 3. The number of nitrogen functional groups attached to an aromatic ring is 1. The van der Waals surface area contributed by atoms with Crippen molar-refractivity contribution >= 4 is 17.5 Å². The molecule has 2 amide bonds. The summed E-state index contributed by atoms with van der Waals surface area (Å²) < 4.78 is 13.6. The third kappa shape index (κ3) is 4.53. The lowest BCUT2D eigenvalue weighted by Gasteiger charge is -2.23. The van der Waals surface area contributed by atoms with Crippen LogP contribution >= 0.6 is 0 Å². The summed E-state index contributed by atoms with van der Waals surface area (Å²) in [6.07, 6.45) is 0. The van der Waals surface area contributed by atoms with Crippen LogP contribution in [0.15, 0.2) is 18.2 Å². The van der Waals surface area contributed by atoms with E-state index in [1.54, 1.807) is 0 Å². The summed E-state index contributed by atoms with van der Waals surface area (Å²) in [7, 11) is 1.44. The summed E-state index contributed by atoms with van der Waals surface area (Å²) in [5, 5.41) is 2.73. The maximum Gasteiger partial charge on any atom is 0.257 e. The van der Waals surface area contributed by atoms with Crippen LogP contribution < -0.4 is 11.1 Å². The third-order valence-electron chi connectivity index (χ3n) is 2.46. The molecule has 5 nitrogen and oxygen atoms in total. The highest BCUT2D eigenvalue weighted by atomic mass is 19.1. The number of benzene rings is 1. The van der Waals surface area contributed by atoms with E-state index in [1.807, 2.05) is 20.8 Å². The smallest absolute Gasteiger partial charge is 0.257 e. The first kappa shape index (κ1) is 15.9. The predicted molar refractivity (Wildman–Crippen MR) is 75.7 cm³/mol. The molecule has 3 N–H and O–H groups in total. The van der Waals surface area contributed by atoms with Gasteiger partial charge < -0.3 is 16.0 Å². The van der Waals surface area contributed by atoms with Gasteiger partial charge in [0.15, 0.2) is 0 Å². The van der Waals surface area contributed by atoms with Crippen molar-refractivity contribution in [3.05, 3.63) is 29.6 Å². The van der Waals surface area contributed by atoms with Gasteiger partial charge in [-0.1, -0.05) is 0 Å². The molecular weight excluding hydrogens is 261 g/mol. The number of hydrogen-bond donors (Lipinski definition) is 2. The predicted octanol–water partition coefficient (Wildman–Crippen LogP) is 1.39. The number of nitrogens with two attached hydrogens (primary N) is 1. The molecule has 0 aromatic heterocycles. The number of nitrogens with one attached hydrogen (secondary N) is 1. The standard InChI is InChI=1S/C14H20FN3O2/c1-14(2,3)17-12(19)8-18(4)13(20)10-7-9(16)5-6-11(10)15/h5-7H,8,16H2,1-4H3,(H,17,19). The van der Waals surface area contributed by atoms with Gasteiger partial charge in [-0.15, -0.1) is 0 Å². The average molecular weight is 281 g/mol. The Morgan fingerprint density at radius 2 is 1.95 bits per heavy atom. The van der Waals surface area contributed by atoms with Crippen LogP contribution in [0.1, 0.15) is 31.1 Å². The summed E-state index contributed by atoms with van der Waals surface area (Å²) >= 11 is 0. The van der Waals surface area contributed by atoms with Crippen LogP contribution in [0.4, 0.5) is 10.1 Å². The van der Waals surface area contributed by atoms with E-state index in [9.17, 15) is 14.0 Å². The van der Waals surface area contributed by atoms with Crippen LogP contribution in [-0.2, 0) is 4.79 Å². The zero-order chi connectivity index (χ0) is 15.5. The van der Waals surface area contributed by atoms with E-state index >= 15 is 0 Å². The minimum absolute atomic E-state index is 0.143. The van der Waals surface area contributed by atoms with Gasteiger partial charge in [0.25, 0.3) is 5.91 Å². The van der Waals surface area contributed by atoms with E-state index in [0.29, 0.717) is 5.69 Å². The molecule has 0 aliphatic heterocycles. The molecule has 0 bridgehead atoms. The Morgan fingerprint density at radius 3 is 2.50 bits per heavy atom. The molecule has 0 fully saturated rings. The molecular formula is C14H20FN3O2. The fourth-order valence-electron chi connectivity index (χ4n) is 1.66. The SMILES string of the molecule is CN(CC(=O)NC(C)(C)C)C(=O)c1cc(N)ccc1F. The van der Waals surface area contributed by atoms with E-state index in [2.05, 4.69) is 5.32 Å². The molecule has 110 valence electrons. The first-order valence-electron chi connectivity index (χ1n) is 6.21. The Kier molecular flexibility index (Phi) is 4.70. The molecule has 20 heavy (non-hydrogen) atoms. The highest BCUT2D eigenvalue weighted by Gasteiger charge is 2.20. The monoisotopic (exact) mass is 281 g/mol. The summed E-state index contributed by atoms with van der Waals surface area (Å²) in [6.45, 7) is 5.36. The minimum atomic E-state index is -0.660. The fraction of sp³-hybridized carbons (Fsp3) is 0.429. The second-order valence-electron chi connectivity index (χ2n) is 5.70. The highest BCUT2D eigenvalue weighted by Crippen LogP contribution is 2.14. The Balaban J connectivity index is 2.77. The van der Waals surface area contributed by atoms with Crippen molar-refractivity contribution in [1.82, 2.24) is 10.2 Å². The quantitative estimate of drug-likeness (QED) is 0.822. The van der Waals surface area contributed by atoms with E-state index in [1.165, 1.54) is 19.2 Å². The number of likely N-dealkylation sites (N-methyl/N-ethyl adjacent to an activating group) is 1. The molecule has 0 atom stereocenters. The molecule has 1 aromatic rings. The molecule has 1 aromatic carbocycles. The molecule has 1 rings (SSSR count). The lowest BCUT2D eigenvalue weighted by molar-refractivity contribution is -0.122. The number of carbonyl (C=O) groups excluding carboxylic acids is 2. The molecule has 0 heterocycles. The number of carbonyl (C=O) groups is 2. The maximum absolute atomic E-state index is 13.6. The summed E-state index contributed by atoms with van der Waals surface area (Å²) in [6, 6.07) is 3.76. The fourth-order valence-corrected chi connectivity index (χ4v) is 1.66. The number of anilines is 1. The third-order valence-corrected chi connectivity index (χ3v) is 2.46. The Bertz CT molecular complexity index is 524. The normalized spacial score (nSPS) is 11.1.